The number of carbonyl (C=O) groups is 1. The summed E-state index contributed by atoms with van der Waals surface area (Å²) >= 11 is 0. The zero-order chi connectivity index (χ0) is 8.55. The van der Waals surface area contributed by atoms with Gasteiger partial charge in [0.25, 0.3) is 0 Å². The molecule has 0 N–H and O–H groups in total. The van der Waals surface area contributed by atoms with Crippen LogP contribution < -0.4 is 0 Å². The number of Topliss-reactive ketones (excluding diaryl/α,β-unsaturated/α-hetero) is 1. The molecule has 0 unspecified atom stereocenters. The molecule has 2 aromatic heterocycles. The van der Waals surface area contributed by atoms with Crippen molar-refractivity contribution in [2.75, 3.05) is 0 Å². The molecule has 0 aromatic carbocycles. The highest BCUT2D eigenvalue weighted by atomic mass is 16.3. The van der Waals surface area contributed by atoms with Crippen LogP contribution in [0.1, 0.15) is 17.4 Å². The van der Waals surface area contributed by atoms with Crippen molar-refractivity contribution >= 4 is 16.8 Å². The Labute approximate surface area is 69.0 Å². The number of hydrogen-bond acceptors (Lipinski definition) is 3. The summed E-state index contributed by atoms with van der Waals surface area (Å²) in [6.45, 7) is 1.48. The van der Waals surface area contributed by atoms with Gasteiger partial charge in [0.05, 0.1) is 6.26 Å². The van der Waals surface area contributed by atoms with Crippen LogP contribution in [0.2, 0.25) is 0 Å². The SMILES string of the molecule is CC(=O)c1nccc2ccoc12. The number of rotatable bonds is 1. The van der Waals surface area contributed by atoms with E-state index in [0.29, 0.717) is 11.3 Å². The van der Waals surface area contributed by atoms with Gasteiger partial charge in [-0.05, 0) is 12.1 Å². The number of nitrogens with zero attached hydrogens (tertiary/aromatic N) is 1. The fraction of sp³-hybridized carbons (Fsp3) is 0.111. The molecule has 0 fully saturated rings. The van der Waals surface area contributed by atoms with Crippen LogP contribution in [0.25, 0.3) is 11.0 Å². The molecule has 0 saturated heterocycles. The van der Waals surface area contributed by atoms with Crippen LogP contribution in [-0.2, 0) is 0 Å². The van der Waals surface area contributed by atoms with E-state index in [1.807, 2.05) is 12.1 Å². The molecular weight excluding hydrogens is 154 g/mol. The molecule has 0 bridgehead atoms. The van der Waals surface area contributed by atoms with Gasteiger partial charge in [0.2, 0.25) is 0 Å². The third-order valence-electron chi connectivity index (χ3n) is 1.70. The van der Waals surface area contributed by atoms with Crippen molar-refractivity contribution in [2.45, 2.75) is 6.92 Å². The van der Waals surface area contributed by atoms with Crippen molar-refractivity contribution in [1.82, 2.24) is 4.98 Å². The largest absolute Gasteiger partial charge is 0.462 e. The first-order chi connectivity index (χ1) is 5.79. The van der Waals surface area contributed by atoms with Gasteiger partial charge >= 0.3 is 0 Å². The number of ketones is 1. The molecule has 0 saturated carbocycles. The summed E-state index contributed by atoms with van der Waals surface area (Å²) in [5, 5.41) is 0.912. The van der Waals surface area contributed by atoms with Crippen LogP contribution in [0, 0.1) is 0 Å². The summed E-state index contributed by atoms with van der Waals surface area (Å²) < 4.78 is 5.13. The molecule has 0 atom stereocenters. The van der Waals surface area contributed by atoms with Gasteiger partial charge in [-0.25, -0.2) is 4.98 Å². The van der Waals surface area contributed by atoms with Gasteiger partial charge in [0.15, 0.2) is 11.4 Å². The molecule has 0 spiro atoms. The normalized spacial score (nSPS) is 10.4. The zero-order valence-corrected chi connectivity index (χ0v) is 6.57. The van der Waals surface area contributed by atoms with Crippen LogP contribution in [0.4, 0.5) is 0 Å². The highest BCUT2D eigenvalue weighted by Crippen LogP contribution is 2.17. The minimum absolute atomic E-state index is 0.0736. The van der Waals surface area contributed by atoms with E-state index in [1.54, 1.807) is 12.5 Å². The Morgan fingerprint density at radius 2 is 2.33 bits per heavy atom. The maximum Gasteiger partial charge on any atom is 0.181 e. The Hall–Kier alpha value is -1.64. The molecule has 60 valence electrons. The number of pyridine rings is 1. The fourth-order valence-electron chi connectivity index (χ4n) is 1.14. The van der Waals surface area contributed by atoms with Gasteiger partial charge in [0.1, 0.15) is 5.69 Å². The molecule has 2 rings (SSSR count). The maximum absolute atomic E-state index is 11.0. The summed E-state index contributed by atoms with van der Waals surface area (Å²) in [7, 11) is 0. The summed E-state index contributed by atoms with van der Waals surface area (Å²) in [6.07, 6.45) is 3.16. The molecule has 12 heavy (non-hydrogen) atoms. The molecule has 3 heteroatoms. The van der Waals surface area contributed by atoms with Gasteiger partial charge in [-0.15, -0.1) is 0 Å². The van der Waals surface area contributed by atoms with E-state index in [-0.39, 0.29) is 5.78 Å². The first kappa shape index (κ1) is 7.03. The topological polar surface area (TPSA) is 43.1 Å². The molecular formula is C9H7NO2. The monoisotopic (exact) mass is 161 g/mol. The molecule has 0 radical (unpaired) electrons. The number of carbonyl (C=O) groups excluding carboxylic acids is 1. The van der Waals surface area contributed by atoms with Crippen molar-refractivity contribution in [3.8, 4) is 0 Å². The molecule has 2 heterocycles. The molecule has 2 aromatic rings. The smallest absolute Gasteiger partial charge is 0.181 e. The molecule has 0 amide bonds. The Balaban J connectivity index is 2.82. The second-order valence-electron chi connectivity index (χ2n) is 2.55. The number of fused-ring (bicyclic) bond motifs is 1. The summed E-state index contributed by atoms with van der Waals surface area (Å²) in [5.41, 5.74) is 0.975. The van der Waals surface area contributed by atoms with E-state index in [0.717, 1.165) is 5.39 Å². The highest BCUT2D eigenvalue weighted by molar-refractivity contribution is 6.02. The average molecular weight is 161 g/mol. The minimum atomic E-state index is -0.0736. The van der Waals surface area contributed by atoms with Gasteiger partial charge in [-0.1, -0.05) is 0 Å². The molecule has 0 aliphatic heterocycles. The number of hydrogen-bond donors (Lipinski definition) is 0. The van der Waals surface area contributed by atoms with Crippen molar-refractivity contribution in [1.29, 1.82) is 0 Å². The molecule has 0 aliphatic rings. The second-order valence-corrected chi connectivity index (χ2v) is 2.55. The van der Waals surface area contributed by atoms with E-state index in [1.165, 1.54) is 6.92 Å². The predicted molar refractivity (Wildman–Crippen MR) is 44.0 cm³/mol. The third-order valence-corrected chi connectivity index (χ3v) is 1.70. The minimum Gasteiger partial charge on any atom is -0.462 e. The van der Waals surface area contributed by atoms with Gasteiger partial charge in [0, 0.05) is 18.5 Å². The fourth-order valence-corrected chi connectivity index (χ4v) is 1.14. The van der Waals surface area contributed by atoms with E-state index in [9.17, 15) is 4.79 Å². The second kappa shape index (κ2) is 2.44. The van der Waals surface area contributed by atoms with Gasteiger partial charge < -0.3 is 4.42 Å². The lowest BCUT2D eigenvalue weighted by molar-refractivity contribution is 0.101. The quantitative estimate of drug-likeness (QED) is 0.601. The Morgan fingerprint density at radius 3 is 3.08 bits per heavy atom. The number of furan rings is 1. The van der Waals surface area contributed by atoms with Gasteiger partial charge in [-0.3, -0.25) is 4.79 Å². The number of aromatic nitrogens is 1. The van der Waals surface area contributed by atoms with Crippen molar-refractivity contribution < 1.29 is 9.21 Å². The average Bonchev–Trinajstić information content (AvgIpc) is 2.49. The van der Waals surface area contributed by atoms with E-state index >= 15 is 0 Å². The molecule has 3 nitrogen and oxygen atoms in total. The lowest BCUT2D eigenvalue weighted by atomic mass is 10.2. The van der Waals surface area contributed by atoms with E-state index in [4.69, 9.17) is 4.42 Å². The molecule has 0 aliphatic carbocycles. The van der Waals surface area contributed by atoms with Crippen LogP contribution in [-0.4, -0.2) is 10.8 Å². The summed E-state index contributed by atoms with van der Waals surface area (Å²) in [5.74, 6) is -0.0736. The van der Waals surface area contributed by atoms with E-state index < -0.39 is 0 Å². The first-order valence-corrected chi connectivity index (χ1v) is 3.62. The zero-order valence-electron chi connectivity index (χ0n) is 6.57. The summed E-state index contributed by atoms with van der Waals surface area (Å²) in [4.78, 5) is 15.0. The van der Waals surface area contributed by atoms with Crippen LogP contribution >= 0.6 is 0 Å². The summed E-state index contributed by atoms with van der Waals surface area (Å²) in [6, 6.07) is 3.62. The standard InChI is InChI=1S/C9H7NO2/c1-6(11)8-9-7(2-4-10-8)3-5-12-9/h2-5H,1H3. The highest BCUT2D eigenvalue weighted by Gasteiger charge is 2.08. The lowest BCUT2D eigenvalue weighted by Crippen LogP contribution is -1.95. The van der Waals surface area contributed by atoms with Crippen molar-refractivity contribution in [2.24, 2.45) is 0 Å². The Morgan fingerprint density at radius 1 is 1.50 bits per heavy atom. The van der Waals surface area contributed by atoms with Crippen molar-refractivity contribution in [3.05, 3.63) is 30.3 Å². The van der Waals surface area contributed by atoms with Crippen LogP contribution in [0.3, 0.4) is 0 Å². The Kier molecular flexibility index (Phi) is 1.43. The first-order valence-electron chi connectivity index (χ1n) is 3.62. The lowest BCUT2D eigenvalue weighted by Gasteiger charge is -1.93. The van der Waals surface area contributed by atoms with Crippen LogP contribution in [0.5, 0.6) is 0 Å². The van der Waals surface area contributed by atoms with E-state index in [2.05, 4.69) is 4.98 Å². The van der Waals surface area contributed by atoms with Crippen molar-refractivity contribution in [3.63, 3.8) is 0 Å². The maximum atomic E-state index is 11.0. The third kappa shape index (κ3) is 0.906. The predicted octanol–water partition coefficient (Wildman–Crippen LogP) is 2.03. The van der Waals surface area contributed by atoms with Crippen LogP contribution in [0.15, 0.2) is 29.0 Å². The van der Waals surface area contributed by atoms with Gasteiger partial charge in [-0.2, -0.15) is 0 Å². The Bertz CT molecular complexity index is 431.